The van der Waals surface area contributed by atoms with E-state index in [2.05, 4.69) is 40.7 Å². The molecule has 0 fully saturated rings. The molecule has 4 nitrogen and oxygen atoms in total. The van der Waals surface area contributed by atoms with Gasteiger partial charge >= 0.3 is 0 Å². The van der Waals surface area contributed by atoms with Crippen molar-refractivity contribution >= 4 is 21.7 Å². The zero-order chi connectivity index (χ0) is 18.8. The Morgan fingerprint density at radius 1 is 0.926 bits per heavy atom. The van der Waals surface area contributed by atoms with Gasteiger partial charge in [0.1, 0.15) is 0 Å². The standard InChI is InChI=1S/C22H21N3OS/c1-16-17(2)25(14-18-9-5-3-6-10-18)21-20(16)13-23-24-22(21)27(26)15-19-11-7-4-8-12-19/h3-13H,14-15H2,1-2H3. The highest BCUT2D eigenvalue weighted by atomic mass is 32.2. The number of nitrogens with zero attached hydrogens (tertiary/aromatic N) is 3. The van der Waals surface area contributed by atoms with Crippen LogP contribution in [-0.4, -0.2) is 19.0 Å². The van der Waals surface area contributed by atoms with Crippen molar-refractivity contribution in [2.45, 2.75) is 31.2 Å². The predicted molar refractivity (Wildman–Crippen MR) is 109 cm³/mol. The zero-order valence-corrected chi connectivity index (χ0v) is 16.2. The van der Waals surface area contributed by atoms with Crippen molar-refractivity contribution in [3.05, 3.63) is 89.2 Å². The van der Waals surface area contributed by atoms with Gasteiger partial charge in [-0.1, -0.05) is 60.7 Å². The van der Waals surface area contributed by atoms with Crippen LogP contribution in [0.4, 0.5) is 0 Å². The van der Waals surface area contributed by atoms with Crippen molar-refractivity contribution in [1.29, 1.82) is 0 Å². The van der Waals surface area contributed by atoms with Crippen LogP contribution in [-0.2, 0) is 23.1 Å². The fourth-order valence-corrected chi connectivity index (χ4v) is 4.58. The van der Waals surface area contributed by atoms with Gasteiger partial charge in [0.15, 0.2) is 5.03 Å². The van der Waals surface area contributed by atoms with E-state index in [0.29, 0.717) is 10.8 Å². The molecule has 1 unspecified atom stereocenters. The number of rotatable bonds is 5. The lowest BCUT2D eigenvalue weighted by Gasteiger charge is -2.11. The Kier molecular flexibility index (Phi) is 4.86. The van der Waals surface area contributed by atoms with E-state index in [0.717, 1.165) is 34.3 Å². The first-order valence-corrected chi connectivity index (χ1v) is 10.2. The van der Waals surface area contributed by atoms with Gasteiger partial charge in [-0.05, 0) is 30.5 Å². The van der Waals surface area contributed by atoms with Gasteiger partial charge in [-0.25, -0.2) is 0 Å². The molecule has 27 heavy (non-hydrogen) atoms. The third-order valence-corrected chi connectivity index (χ3v) is 6.26. The monoisotopic (exact) mass is 375 g/mol. The van der Waals surface area contributed by atoms with E-state index in [1.807, 2.05) is 48.5 Å². The molecule has 0 aliphatic rings. The lowest BCUT2D eigenvalue weighted by molar-refractivity contribution is 0.677. The fraction of sp³-hybridized carbons (Fsp3) is 0.182. The summed E-state index contributed by atoms with van der Waals surface area (Å²) in [5.74, 6) is 0.434. The maximum Gasteiger partial charge on any atom is 0.174 e. The first-order chi connectivity index (χ1) is 13.1. The van der Waals surface area contributed by atoms with Crippen molar-refractivity contribution < 1.29 is 4.21 Å². The number of aryl methyl sites for hydroxylation is 1. The highest BCUT2D eigenvalue weighted by molar-refractivity contribution is 7.84. The van der Waals surface area contributed by atoms with Gasteiger partial charge in [0, 0.05) is 17.6 Å². The molecule has 0 aliphatic heterocycles. The molecule has 0 N–H and O–H groups in total. The van der Waals surface area contributed by atoms with E-state index in [4.69, 9.17) is 0 Å². The van der Waals surface area contributed by atoms with E-state index in [-0.39, 0.29) is 0 Å². The topological polar surface area (TPSA) is 47.8 Å². The maximum atomic E-state index is 13.1. The van der Waals surface area contributed by atoms with Crippen LogP contribution in [0.25, 0.3) is 10.9 Å². The number of aromatic nitrogens is 3. The van der Waals surface area contributed by atoms with Crippen LogP contribution in [0.2, 0.25) is 0 Å². The zero-order valence-electron chi connectivity index (χ0n) is 15.4. The van der Waals surface area contributed by atoms with Crippen molar-refractivity contribution in [1.82, 2.24) is 14.8 Å². The lowest BCUT2D eigenvalue weighted by atomic mass is 10.2. The average Bonchev–Trinajstić information content (AvgIpc) is 2.94. The van der Waals surface area contributed by atoms with Gasteiger partial charge in [0.2, 0.25) is 0 Å². The van der Waals surface area contributed by atoms with Gasteiger partial charge in [-0.15, -0.1) is 5.10 Å². The Bertz CT molecular complexity index is 1100. The summed E-state index contributed by atoms with van der Waals surface area (Å²) in [7, 11) is -1.27. The van der Waals surface area contributed by atoms with Gasteiger partial charge in [-0.2, -0.15) is 5.10 Å². The quantitative estimate of drug-likeness (QED) is 0.519. The molecule has 0 radical (unpaired) electrons. The highest BCUT2D eigenvalue weighted by Crippen LogP contribution is 2.29. The first-order valence-electron chi connectivity index (χ1n) is 8.92. The molecule has 2 aromatic heterocycles. The normalized spacial score (nSPS) is 12.4. The predicted octanol–water partition coefficient (Wildman–Crippen LogP) is 4.40. The fourth-order valence-electron chi connectivity index (χ4n) is 3.37. The molecule has 1 atom stereocenters. The van der Waals surface area contributed by atoms with E-state index in [1.54, 1.807) is 6.20 Å². The van der Waals surface area contributed by atoms with Gasteiger partial charge < -0.3 is 4.57 Å². The molecule has 0 aliphatic carbocycles. The number of hydrogen-bond acceptors (Lipinski definition) is 3. The third-order valence-electron chi connectivity index (χ3n) is 4.95. The molecule has 0 bridgehead atoms. The summed E-state index contributed by atoms with van der Waals surface area (Å²) in [5.41, 5.74) is 5.48. The van der Waals surface area contributed by atoms with Gasteiger partial charge in [-0.3, -0.25) is 4.21 Å². The Morgan fingerprint density at radius 2 is 1.56 bits per heavy atom. The largest absolute Gasteiger partial charge is 0.338 e. The summed E-state index contributed by atoms with van der Waals surface area (Å²) in [4.78, 5) is 0. The first kappa shape index (κ1) is 17.6. The second kappa shape index (κ2) is 7.45. The SMILES string of the molecule is Cc1c(C)n(Cc2ccccc2)c2c(S(=O)Cc3ccccc3)nncc12. The third kappa shape index (κ3) is 3.43. The van der Waals surface area contributed by atoms with Gasteiger partial charge in [0.05, 0.1) is 28.3 Å². The van der Waals surface area contributed by atoms with Crippen molar-refractivity contribution in [3.8, 4) is 0 Å². The van der Waals surface area contributed by atoms with Crippen LogP contribution < -0.4 is 0 Å². The summed E-state index contributed by atoms with van der Waals surface area (Å²) in [6.45, 7) is 4.91. The molecule has 0 amide bonds. The smallest absolute Gasteiger partial charge is 0.174 e. The van der Waals surface area contributed by atoms with Crippen LogP contribution >= 0.6 is 0 Å². The van der Waals surface area contributed by atoms with Crippen LogP contribution in [0.15, 0.2) is 71.9 Å². The molecule has 0 spiro atoms. The summed E-state index contributed by atoms with van der Waals surface area (Å²) < 4.78 is 15.4. The molecule has 2 heterocycles. The van der Waals surface area contributed by atoms with Crippen LogP contribution in [0.3, 0.4) is 0 Å². The molecule has 4 aromatic rings. The lowest BCUT2D eigenvalue weighted by Crippen LogP contribution is -2.07. The molecule has 0 saturated heterocycles. The minimum Gasteiger partial charge on any atom is -0.338 e. The summed E-state index contributed by atoms with van der Waals surface area (Å²) >= 11 is 0. The molecule has 0 saturated carbocycles. The number of hydrogen-bond donors (Lipinski definition) is 0. The summed E-state index contributed by atoms with van der Waals surface area (Å²) in [6, 6.07) is 20.2. The second-order valence-electron chi connectivity index (χ2n) is 6.67. The van der Waals surface area contributed by atoms with Gasteiger partial charge in [0.25, 0.3) is 0 Å². The minimum atomic E-state index is -1.27. The van der Waals surface area contributed by atoms with Crippen LogP contribution in [0, 0.1) is 13.8 Å². The molecule has 4 rings (SSSR count). The van der Waals surface area contributed by atoms with E-state index < -0.39 is 10.8 Å². The van der Waals surface area contributed by atoms with Crippen molar-refractivity contribution in [3.63, 3.8) is 0 Å². The van der Waals surface area contributed by atoms with Crippen LogP contribution in [0.1, 0.15) is 22.4 Å². The molecule has 136 valence electrons. The summed E-state index contributed by atoms with van der Waals surface area (Å²) in [5, 5.41) is 10.0. The Labute approximate surface area is 161 Å². The molecule has 5 heteroatoms. The van der Waals surface area contributed by atoms with Crippen molar-refractivity contribution in [2.75, 3.05) is 0 Å². The van der Waals surface area contributed by atoms with E-state index in [9.17, 15) is 4.21 Å². The second-order valence-corrected chi connectivity index (χ2v) is 8.04. The Morgan fingerprint density at radius 3 is 2.22 bits per heavy atom. The number of fused-ring (bicyclic) bond motifs is 1. The van der Waals surface area contributed by atoms with E-state index >= 15 is 0 Å². The maximum absolute atomic E-state index is 13.1. The van der Waals surface area contributed by atoms with E-state index in [1.165, 1.54) is 5.56 Å². The average molecular weight is 375 g/mol. The van der Waals surface area contributed by atoms with Crippen molar-refractivity contribution in [2.24, 2.45) is 0 Å². The molecular weight excluding hydrogens is 354 g/mol. The Hall–Kier alpha value is -2.79. The minimum absolute atomic E-state index is 0.434. The van der Waals surface area contributed by atoms with Crippen LogP contribution in [0.5, 0.6) is 0 Å². The Balaban J connectivity index is 1.81. The molecule has 2 aromatic carbocycles. The number of benzene rings is 2. The highest BCUT2D eigenvalue weighted by Gasteiger charge is 2.20. The molecular formula is C22H21N3OS. The summed E-state index contributed by atoms with van der Waals surface area (Å²) in [6.07, 6.45) is 1.78.